The van der Waals surface area contributed by atoms with E-state index in [-0.39, 0.29) is 9.56 Å². The predicted molar refractivity (Wildman–Crippen MR) is 66.6 cm³/mol. The lowest BCUT2D eigenvalue weighted by Crippen LogP contribution is -2.33. The minimum Gasteiger partial charge on any atom is -0.475 e. The van der Waals surface area contributed by atoms with Crippen LogP contribution in [0.3, 0.4) is 0 Å². The Kier molecular flexibility index (Phi) is 4.56. The van der Waals surface area contributed by atoms with Crippen LogP contribution in [0.25, 0.3) is 0 Å². The fourth-order valence-electron chi connectivity index (χ4n) is 1.13. The van der Waals surface area contributed by atoms with E-state index in [1.54, 1.807) is 6.92 Å². The summed E-state index contributed by atoms with van der Waals surface area (Å²) in [6.07, 6.45) is 5.57. The zero-order chi connectivity index (χ0) is 13.9. The van der Waals surface area contributed by atoms with Crippen LogP contribution in [0.1, 0.15) is 23.9 Å². The van der Waals surface area contributed by atoms with Crippen molar-refractivity contribution in [2.24, 2.45) is 0 Å². The average Bonchev–Trinajstić information content (AvgIpc) is 2.69. The highest BCUT2D eigenvalue weighted by molar-refractivity contribution is 9.10. The van der Waals surface area contributed by atoms with Gasteiger partial charge in [0.1, 0.15) is 4.90 Å². The van der Waals surface area contributed by atoms with Crippen LogP contribution >= 0.6 is 15.9 Å². The standard InChI is InChI=1S/C10H10BrNO5S/c1-3-6(4-2)12-18(15,16)8-5-7(10(13)14)17-9(8)11/h1,5-6,12H,4H2,2H3,(H,13,14). The maximum absolute atomic E-state index is 11.9. The number of aromatic carboxylic acids is 1. The topological polar surface area (TPSA) is 96.6 Å². The van der Waals surface area contributed by atoms with Crippen molar-refractivity contribution in [2.75, 3.05) is 0 Å². The molecule has 8 heteroatoms. The summed E-state index contributed by atoms with van der Waals surface area (Å²) in [5, 5.41) is 8.70. The van der Waals surface area contributed by atoms with Crippen LogP contribution in [0.2, 0.25) is 0 Å². The first-order chi connectivity index (χ1) is 8.31. The molecule has 0 aromatic carbocycles. The van der Waals surface area contributed by atoms with Gasteiger partial charge in [-0.1, -0.05) is 12.8 Å². The summed E-state index contributed by atoms with van der Waals surface area (Å²) < 4.78 is 30.7. The molecule has 0 aliphatic carbocycles. The number of rotatable bonds is 5. The Labute approximate surface area is 113 Å². The molecule has 98 valence electrons. The fourth-order valence-corrected chi connectivity index (χ4v) is 3.31. The molecule has 1 rings (SSSR count). The van der Waals surface area contributed by atoms with Crippen LogP contribution in [0.4, 0.5) is 0 Å². The van der Waals surface area contributed by atoms with E-state index in [0.29, 0.717) is 6.42 Å². The van der Waals surface area contributed by atoms with E-state index in [2.05, 4.69) is 26.6 Å². The Morgan fingerprint density at radius 2 is 2.33 bits per heavy atom. The normalized spacial score (nSPS) is 12.9. The Bertz CT molecular complexity index is 598. The summed E-state index contributed by atoms with van der Waals surface area (Å²) in [6.45, 7) is 1.72. The third-order valence-corrected chi connectivity index (χ3v) is 4.39. The van der Waals surface area contributed by atoms with Crippen LogP contribution in [-0.2, 0) is 10.0 Å². The number of furan rings is 1. The summed E-state index contributed by atoms with van der Waals surface area (Å²) >= 11 is 2.85. The molecule has 6 nitrogen and oxygen atoms in total. The van der Waals surface area contributed by atoms with Crippen molar-refractivity contribution in [3.05, 3.63) is 16.5 Å². The van der Waals surface area contributed by atoms with E-state index in [1.807, 2.05) is 0 Å². The number of carboxylic acid groups (broad SMARTS) is 1. The molecule has 2 N–H and O–H groups in total. The molecular formula is C10H10BrNO5S. The predicted octanol–water partition coefficient (Wildman–Crippen LogP) is 1.43. The molecule has 0 fully saturated rings. The van der Waals surface area contributed by atoms with Crippen LogP contribution < -0.4 is 4.72 Å². The Balaban J connectivity index is 3.13. The second-order valence-electron chi connectivity index (χ2n) is 3.30. The summed E-state index contributed by atoms with van der Waals surface area (Å²) in [4.78, 5) is 10.4. The summed E-state index contributed by atoms with van der Waals surface area (Å²) in [5.41, 5.74) is 0. The number of terminal acetylenes is 1. The summed E-state index contributed by atoms with van der Waals surface area (Å²) in [6, 6.07) is 0.253. The zero-order valence-electron chi connectivity index (χ0n) is 9.31. The molecule has 0 saturated heterocycles. The molecule has 1 unspecified atom stereocenters. The van der Waals surface area contributed by atoms with E-state index in [0.717, 1.165) is 6.07 Å². The van der Waals surface area contributed by atoms with Gasteiger partial charge in [-0.25, -0.2) is 13.2 Å². The SMILES string of the molecule is C#CC(CC)NS(=O)(=O)c1cc(C(=O)O)oc1Br. The smallest absolute Gasteiger partial charge is 0.371 e. The van der Waals surface area contributed by atoms with Crippen molar-refractivity contribution >= 4 is 31.9 Å². The first-order valence-electron chi connectivity index (χ1n) is 4.83. The van der Waals surface area contributed by atoms with Gasteiger partial charge in [-0.3, -0.25) is 0 Å². The van der Waals surface area contributed by atoms with E-state index >= 15 is 0 Å². The molecule has 1 aromatic rings. The van der Waals surface area contributed by atoms with Gasteiger partial charge >= 0.3 is 5.97 Å². The van der Waals surface area contributed by atoms with E-state index in [4.69, 9.17) is 15.9 Å². The van der Waals surface area contributed by atoms with Gasteiger partial charge in [0.2, 0.25) is 15.8 Å². The Hall–Kier alpha value is -1.30. The van der Waals surface area contributed by atoms with Gasteiger partial charge in [0.15, 0.2) is 4.67 Å². The maximum Gasteiger partial charge on any atom is 0.371 e. The Morgan fingerprint density at radius 1 is 1.72 bits per heavy atom. The second-order valence-corrected chi connectivity index (χ2v) is 5.71. The molecule has 1 atom stereocenters. The Morgan fingerprint density at radius 3 is 2.72 bits per heavy atom. The number of carboxylic acids is 1. The van der Waals surface area contributed by atoms with Crippen molar-refractivity contribution in [3.8, 4) is 12.3 Å². The second kappa shape index (κ2) is 5.56. The third kappa shape index (κ3) is 3.13. The van der Waals surface area contributed by atoms with Gasteiger partial charge in [-0.05, 0) is 22.4 Å². The van der Waals surface area contributed by atoms with Crippen molar-refractivity contribution in [1.82, 2.24) is 4.72 Å². The van der Waals surface area contributed by atoms with Crippen molar-refractivity contribution < 1.29 is 22.7 Å². The lowest BCUT2D eigenvalue weighted by molar-refractivity contribution is 0.0661. The number of sulfonamides is 1. The molecule has 0 aliphatic heterocycles. The van der Waals surface area contributed by atoms with Gasteiger partial charge in [0.25, 0.3) is 0 Å². The van der Waals surface area contributed by atoms with Crippen molar-refractivity contribution in [2.45, 2.75) is 24.3 Å². The lowest BCUT2D eigenvalue weighted by atomic mass is 10.3. The largest absolute Gasteiger partial charge is 0.475 e. The molecule has 1 aromatic heterocycles. The lowest BCUT2D eigenvalue weighted by Gasteiger charge is -2.09. The van der Waals surface area contributed by atoms with E-state index in [9.17, 15) is 13.2 Å². The first kappa shape index (κ1) is 14.8. The van der Waals surface area contributed by atoms with Crippen LogP contribution in [0.15, 0.2) is 20.0 Å². The number of halogens is 1. The number of nitrogens with one attached hydrogen (secondary N) is 1. The first-order valence-corrected chi connectivity index (χ1v) is 7.10. The van der Waals surface area contributed by atoms with Crippen LogP contribution in [-0.4, -0.2) is 25.5 Å². The molecule has 18 heavy (non-hydrogen) atoms. The van der Waals surface area contributed by atoms with Crippen LogP contribution in [0.5, 0.6) is 0 Å². The monoisotopic (exact) mass is 335 g/mol. The van der Waals surface area contributed by atoms with Gasteiger partial charge in [0, 0.05) is 6.07 Å². The number of carbonyl (C=O) groups is 1. The van der Waals surface area contributed by atoms with E-state index in [1.165, 1.54) is 0 Å². The minimum atomic E-state index is -3.92. The van der Waals surface area contributed by atoms with E-state index < -0.39 is 27.8 Å². The molecule has 0 amide bonds. The molecular weight excluding hydrogens is 326 g/mol. The highest BCUT2D eigenvalue weighted by atomic mass is 79.9. The molecule has 0 bridgehead atoms. The van der Waals surface area contributed by atoms with Crippen molar-refractivity contribution in [1.29, 1.82) is 0 Å². The van der Waals surface area contributed by atoms with Gasteiger partial charge in [0.05, 0.1) is 6.04 Å². The average molecular weight is 336 g/mol. The molecule has 0 radical (unpaired) electrons. The van der Waals surface area contributed by atoms with Crippen LogP contribution in [0, 0.1) is 12.3 Å². The minimum absolute atomic E-state index is 0.181. The quantitative estimate of drug-likeness (QED) is 0.793. The molecule has 1 heterocycles. The fraction of sp³-hybridized carbons (Fsp3) is 0.300. The summed E-state index contributed by atoms with van der Waals surface area (Å²) in [5.74, 6) is 0.438. The number of hydrogen-bond donors (Lipinski definition) is 2. The van der Waals surface area contributed by atoms with Gasteiger partial charge in [-0.15, -0.1) is 6.42 Å². The summed E-state index contributed by atoms with van der Waals surface area (Å²) in [7, 11) is -3.92. The van der Waals surface area contributed by atoms with Crippen molar-refractivity contribution in [3.63, 3.8) is 0 Å². The molecule has 0 spiro atoms. The third-order valence-electron chi connectivity index (χ3n) is 2.06. The van der Waals surface area contributed by atoms with Gasteiger partial charge in [-0.2, -0.15) is 4.72 Å². The molecule has 0 saturated carbocycles. The van der Waals surface area contributed by atoms with Gasteiger partial charge < -0.3 is 9.52 Å². The zero-order valence-corrected chi connectivity index (χ0v) is 11.7. The maximum atomic E-state index is 11.9. The highest BCUT2D eigenvalue weighted by Gasteiger charge is 2.26. The highest BCUT2D eigenvalue weighted by Crippen LogP contribution is 2.26. The molecule has 0 aliphatic rings. The number of hydrogen-bond acceptors (Lipinski definition) is 4.